The number of nitrogens with zero attached hydrogens (tertiary/aromatic N) is 3. The molecule has 3 aromatic carbocycles. The van der Waals surface area contributed by atoms with E-state index in [-0.39, 0.29) is 5.82 Å². The number of anilines is 1. The fraction of sp³-hybridized carbons (Fsp3) is 0.154. The highest BCUT2D eigenvalue weighted by atomic mass is 35.5. The summed E-state index contributed by atoms with van der Waals surface area (Å²) in [5.41, 5.74) is 3.98. The first kappa shape index (κ1) is 21.5. The molecule has 6 rings (SSSR count). The molecular formula is C26H20ClFN4O3. The van der Waals surface area contributed by atoms with Crippen LogP contribution in [-0.2, 0) is 0 Å². The summed E-state index contributed by atoms with van der Waals surface area (Å²) >= 11 is 6.37. The third kappa shape index (κ3) is 3.49. The Kier molecular flexibility index (Phi) is 5.11. The zero-order valence-corrected chi connectivity index (χ0v) is 19.6. The summed E-state index contributed by atoms with van der Waals surface area (Å²) in [6.45, 7) is 0. The average molecular weight is 491 g/mol. The molecule has 2 aliphatic rings. The smallest absolute Gasteiger partial charge is 0.226 e. The summed E-state index contributed by atoms with van der Waals surface area (Å²) in [7, 11) is 3.18. The van der Waals surface area contributed by atoms with Crippen LogP contribution in [0.1, 0.15) is 28.8 Å². The number of aromatic nitrogens is 3. The van der Waals surface area contributed by atoms with E-state index in [1.807, 2.05) is 36.4 Å². The number of fused-ring (bicyclic) bond motifs is 3. The highest BCUT2D eigenvalue weighted by molar-refractivity contribution is 6.30. The van der Waals surface area contributed by atoms with E-state index in [0.29, 0.717) is 33.8 Å². The Morgan fingerprint density at radius 2 is 1.86 bits per heavy atom. The Morgan fingerprint density at radius 3 is 2.66 bits per heavy atom. The quantitative estimate of drug-likeness (QED) is 0.399. The van der Waals surface area contributed by atoms with Gasteiger partial charge in [0, 0.05) is 16.2 Å². The van der Waals surface area contributed by atoms with Crippen LogP contribution in [0.3, 0.4) is 0 Å². The van der Waals surface area contributed by atoms with Crippen molar-refractivity contribution >= 4 is 23.2 Å². The number of hydrogen-bond donors (Lipinski definition) is 1. The first-order valence-electron chi connectivity index (χ1n) is 10.9. The van der Waals surface area contributed by atoms with E-state index >= 15 is 0 Å². The Balaban J connectivity index is 1.63. The van der Waals surface area contributed by atoms with Gasteiger partial charge in [0.25, 0.3) is 0 Å². The molecule has 0 bridgehead atoms. The molecule has 7 nitrogen and oxygen atoms in total. The van der Waals surface area contributed by atoms with Gasteiger partial charge < -0.3 is 19.5 Å². The largest absolute Gasteiger partial charge is 0.493 e. The van der Waals surface area contributed by atoms with Crippen molar-refractivity contribution in [1.29, 1.82) is 0 Å². The van der Waals surface area contributed by atoms with Gasteiger partial charge in [-0.25, -0.2) is 9.07 Å². The molecule has 0 fully saturated rings. The Labute approximate surface area is 205 Å². The predicted molar refractivity (Wildman–Crippen MR) is 129 cm³/mol. The Bertz CT molecular complexity index is 1490. The minimum absolute atomic E-state index is 0.344. The van der Waals surface area contributed by atoms with Crippen LogP contribution in [0.25, 0.3) is 5.70 Å². The molecule has 0 radical (unpaired) electrons. The van der Waals surface area contributed by atoms with Crippen LogP contribution in [0, 0.1) is 5.82 Å². The van der Waals surface area contributed by atoms with E-state index in [4.69, 9.17) is 25.8 Å². The number of hydrogen-bond acceptors (Lipinski definition) is 6. The molecule has 3 heterocycles. The van der Waals surface area contributed by atoms with Gasteiger partial charge >= 0.3 is 0 Å². The SMILES string of the molecule is COc1ccc([C@H]2C3=C(Nc4ncnn42)c2cc(Cl)ccc2O[C@@H]3c2cccc(F)c2)cc1OC. The number of halogens is 2. The maximum atomic E-state index is 14.3. The minimum atomic E-state index is -0.600. The second-order valence-corrected chi connectivity index (χ2v) is 8.63. The van der Waals surface area contributed by atoms with Gasteiger partial charge in [-0.2, -0.15) is 10.1 Å². The second kappa shape index (κ2) is 8.32. The molecule has 0 amide bonds. The van der Waals surface area contributed by atoms with E-state index in [9.17, 15) is 4.39 Å². The first-order valence-corrected chi connectivity index (χ1v) is 11.3. The molecule has 0 spiro atoms. The van der Waals surface area contributed by atoms with Crippen LogP contribution in [0.2, 0.25) is 5.02 Å². The van der Waals surface area contributed by atoms with Crippen LogP contribution < -0.4 is 19.5 Å². The minimum Gasteiger partial charge on any atom is -0.493 e. The lowest BCUT2D eigenvalue weighted by atomic mass is 9.84. The molecule has 176 valence electrons. The number of methoxy groups -OCH3 is 2. The van der Waals surface area contributed by atoms with Crippen molar-refractivity contribution in [1.82, 2.24) is 14.8 Å². The predicted octanol–water partition coefficient (Wildman–Crippen LogP) is 5.65. The third-order valence-corrected chi connectivity index (χ3v) is 6.49. The van der Waals surface area contributed by atoms with Crippen LogP contribution in [0.5, 0.6) is 17.2 Å². The molecule has 0 unspecified atom stereocenters. The number of benzene rings is 3. The van der Waals surface area contributed by atoms with Gasteiger partial charge in [0.15, 0.2) is 11.5 Å². The summed E-state index contributed by atoms with van der Waals surface area (Å²) in [5, 5.41) is 8.48. The van der Waals surface area contributed by atoms with Crippen molar-refractivity contribution in [2.45, 2.75) is 12.1 Å². The summed E-state index contributed by atoms with van der Waals surface area (Å²) in [5.74, 6) is 2.04. The third-order valence-electron chi connectivity index (χ3n) is 6.25. The highest BCUT2D eigenvalue weighted by Gasteiger charge is 2.41. The van der Waals surface area contributed by atoms with E-state index in [1.54, 1.807) is 31.0 Å². The van der Waals surface area contributed by atoms with E-state index in [1.165, 1.54) is 18.5 Å². The van der Waals surface area contributed by atoms with Crippen molar-refractivity contribution in [3.8, 4) is 17.2 Å². The Hall–Kier alpha value is -4.04. The lowest BCUT2D eigenvalue weighted by Gasteiger charge is -2.39. The molecule has 1 aromatic heterocycles. The summed E-state index contributed by atoms with van der Waals surface area (Å²) < 4.78 is 33.6. The molecule has 1 N–H and O–H groups in total. The molecule has 0 saturated carbocycles. The molecule has 0 saturated heterocycles. The van der Waals surface area contributed by atoms with Crippen molar-refractivity contribution in [3.63, 3.8) is 0 Å². The van der Waals surface area contributed by atoms with Crippen molar-refractivity contribution in [3.05, 3.63) is 100 Å². The van der Waals surface area contributed by atoms with Crippen LogP contribution >= 0.6 is 11.6 Å². The zero-order chi connectivity index (χ0) is 24.1. The van der Waals surface area contributed by atoms with Gasteiger partial charge in [-0.05, 0) is 53.6 Å². The number of ether oxygens (including phenoxy) is 3. The van der Waals surface area contributed by atoms with E-state index in [0.717, 1.165) is 22.4 Å². The summed E-state index contributed by atoms with van der Waals surface area (Å²) in [6, 6.07) is 17.1. The Morgan fingerprint density at radius 1 is 1.00 bits per heavy atom. The molecule has 0 aliphatic carbocycles. The van der Waals surface area contributed by atoms with Gasteiger partial charge in [0.1, 0.15) is 30.0 Å². The van der Waals surface area contributed by atoms with Crippen molar-refractivity contribution in [2.75, 3.05) is 19.5 Å². The van der Waals surface area contributed by atoms with Crippen molar-refractivity contribution < 1.29 is 18.6 Å². The summed E-state index contributed by atoms with van der Waals surface area (Å²) in [4.78, 5) is 4.42. The van der Waals surface area contributed by atoms with Crippen LogP contribution in [-0.4, -0.2) is 29.0 Å². The number of rotatable bonds is 4. The van der Waals surface area contributed by atoms with Crippen LogP contribution in [0.4, 0.5) is 10.3 Å². The first-order chi connectivity index (χ1) is 17.1. The van der Waals surface area contributed by atoms with E-state index < -0.39 is 12.1 Å². The lowest BCUT2D eigenvalue weighted by Crippen LogP contribution is -2.32. The topological polar surface area (TPSA) is 70.4 Å². The average Bonchev–Trinajstić information content (AvgIpc) is 3.35. The second-order valence-electron chi connectivity index (χ2n) is 8.19. The standard InChI is InChI=1S/C26H20ClFN4O3/c1-33-20-8-6-14(11-21(20)34-2)24-22-23(31-26-29-13-30-32(24)26)18-12-16(27)7-9-19(18)35-25(22)15-4-3-5-17(28)10-15/h3-13,24-25H,1-2H3,(H,29,30,31)/t24-,25+/m0/s1. The normalized spacial score (nSPS) is 18.1. The summed E-state index contributed by atoms with van der Waals surface area (Å²) in [6.07, 6.45) is 0.892. The molecule has 4 aromatic rings. The molecule has 9 heteroatoms. The van der Waals surface area contributed by atoms with Gasteiger partial charge in [0.05, 0.1) is 19.9 Å². The maximum Gasteiger partial charge on any atom is 0.226 e. The fourth-order valence-corrected chi connectivity index (χ4v) is 4.90. The molecule has 2 aliphatic heterocycles. The van der Waals surface area contributed by atoms with Gasteiger partial charge in [-0.3, -0.25) is 0 Å². The molecule has 35 heavy (non-hydrogen) atoms. The molecule has 2 atom stereocenters. The zero-order valence-electron chi connectivity index (χ0n) is 18.8. The number of nitrogens with one attached hydrogen (secondary N) is 1. The lowest BCUT2D eigenvalue weighted by molar-refractivity contribution is 0.222. The molecular weight excluding hydrogens is 471 g/mol. The van der Waals surface area contributed by atoms with Crippen LogP contribution in [0.15, 0.2) is 72.6 Å². The fourth-order valence-electron chi connectivity index (χ4n) is 4.73. The highest BCUT2D eigenvalue weighted by Crippen LogP contribution is 2.51. The maximum absolute atomic E-state index is 14.3. The van der Waals surface area contributed by atoms with Gasteiger partial charge in [-0.1, -0.05) is 29.8 Å². The monoisotopic (exact) mass is 490 g/mol. The van der Waals surface area contributed by atoms with Gasteiger partial charge in [0.2, 0.25) is 5.95 Å². The van der Waals surface area contributed by atoms with E-state index in [2.05, 4.69) is 15.4 Å². The van der Waals surface area contributed by atoms with Crippen molar-refractivity contribution in [2.24, 2.45) is 0 Å². The van der Waals surface area contributed by atoms with Gasteiger partial charge in [-0.15, -0.1) is 0 Å².